The molecule has 0 amide bonds. The Morgan fingerprint density at radius 3 is 1.50 bits per heavy atom. The van der Waals surface area contributed by atoms with Crippen molar-refractivity contribution in [3.63, 3.8) is 0 Å². The molecule has 6 aromatic heterocycles. The lowest BCUT2D eigenvalue weighted by Crippen LogP contribution is -2.48. The maximum Gasteiger partial charge on any atom is 0.325 e. The summed E-state index contributed by atoms with van der Waals surface area (Å²) in [6.07, 6.45) is 1.05. The van der Waals surface area contributed by atoms with Crippen molar-refractivity contribution in [2.75, 3.05) is 51.2 Å². The van der Waals surface area contributed by atoms with Crippen molar-refractivity contribution in [3.8, 4) is 0 Å². The van der Waals surface area contributed by atoms with Gasteiger partial charge in [0, 0.05) is 25.0 Å². The highest BCUT2D eigenvalue weighted by Gasteiger charge is 2.59. The number of hydrogen-bond acceptors (Lipinski definition) is 27. The average Bonchev–Trinajstić information content (AvgIpc) is 1.68. The molecule has 0 aliphatic carbocycles. The van der Waals surface area contributed by atoms with E-state index in [2.05, 4.69) is 58.7 Å². The summed E-state index contributed by atoms with van der Waals surface area (Å²) in [4.78, 5) is 83.6. The van der Waals surface area contributed by atoms with Crippen LogP contribution in [0.1, 0.15) is 117 Å². The van der Waals surface area contributed by atoms with Crippen LogP contribution in [0, 0.1) is 10.8 Å². The Hall–Kier alpha value is -3.64. The van der Waals surface area contributed by atoms with Gasteiger partial charge >= 0.3 is 20.2 Å². The Morgan fingerprint density at radius 1 is 0.535 bits per heavy atom. The van der Waals surface area contributed by atoms with Gasteiger partial charge in [0.05, 0.1) is 51.0 Å². The quantitative estimate of drug-likeness (QED) is 0.0214. The number of unbranched alkanes of at least 4 members (excludes halogenated alkanes) is 5. The lowest BCUT2D eigenvalue weighted by atomic mass is 9.72. The molecule has 0 bridgehead atoms. The number of aliphatic hydroxyl groups excluding tert-OH is 2. The largest absolute Gasteiger partial charge is 0.387 e. The number of ether oxygens (including phenoxy) is 5. The van der Waals surface area contributed by atoms with E-state index in [1.54, 1.807) is 4.57 Å². The van der Waals surface area contributed by atoms with Gasteiger partial charge < -0.3 is 84.2 Å². The minimum Gasteiger partial charge on any atom is -0.387 e. The molecule has 16 atom stereocenters. The first kappa shape index (κ1) is 66.8. The van der Waals surface area contributed by atoms with E-state index in [-0.39, 0.29) is 64.2 Å². The Kier molecular flexibility index (Phi) is 21.6. The van der Waals surface area contributed by atoms with Gasteiger partial charge in [0.25, 0.3) is 0 Å². The number of nitrogens with zero attached hydrogens (tertiary/aromatic N) is 12. The number of imidazole rings is 3. The third-order valence-corrected chi connectivity index (χ3v) is 20.0. The molecular formula is C49H76N15O16P3S3. The van der Waals surface area contributed by atoms with E-state index >= 15 is 0 Å². The van der Waals surface area contributed by atoms with Crippen LogP contribution in [0.25, 0.3) is 33.5 Å². The first-order valence-electron chi connectivity index (χ1n) is 28.1. The Labute approximate surface area is 510 Å². The molecule has 3 aliphatic heterocycles. The highest BCUT2D eigenvalue weighted by Crippen LogP contribution is 2.58. The van der Waals surface area contributed by atoms with E-state index in [9.17, 15) is 29.8 Å². The van der Waals surface area contributed by atoms with Gasteiger partial charge in [-0.2, -0.15) is 0 Å². The molecule has 9 rings (SSSR count). The van der Waals surface area contributed by atoms with Crippen LogP contribution in [0.2, 0.25) is 0 Å². The zero-order valence-electron chi connectivity index (χ0n) is 48.2. The normalized spacial score (nSPS) is 28.3. The van der Waals surface area contributed by atoms with Gasteiger partial charge in [0.1, 0.15) is 78.3 Å². The van der Waals surface area contributed by atoms with Crippen molar-refractivity contribution < 1.29 is 76.1 Å². The van der Waals surface area contributed by atoms with E-state index in [0.29, 0.717) is 38.5 Å². The van der Waals surface area contributed by atoms with E-state index < -0.39 is 111 Å². The average molecular weight is 1320 g/mol. The second kappa shape index (κ2) is 27.8. The first-order valence-corrected chi connectivity index (χ1v) is 35.9. The minimum atomic E-state index is -4.42. The monoisotopic (exact) mass is 1320 g/mol. The molecule has 3 aliphatic rings. The van der Waals surface area contributed by atoms with Gasteiger partial charge in [-0.3, -0.25) is 22.7 Å². The predicted octanol–water partition coefficient (Wildman–Crippen LogP) is 4.50. The maximum absolute atomic E-state index is 12.5. The fourth-order valence-corrected chi connectivity index (χ4v) is 15.4. The van der Waals surface area contributed by atoms with E-state index in [1.807, 2.05) is 13.8 Å². The number of rotatable bonds is 31. The molecule has 16 unspecified atom stereocenters. The zero-order valence-corrected chi connectivity index (χ0v) is 53.4. The molecule has 37 heteroatoms. The Morgan fingerprint density at radius 2 is 1.00 bits per heavy atom. The van der Waals surface area contributed by atoms with Crippen molar-refractivity contribution in [3.05, 3.63) is 38.0 Å². The topological polar surface area (TPSA) is 423 Å². The molecule has 476 valence electrons. The Balaban J connectivity index is 1.03. The molecule has 0 saturated carbocycles. The molecule has 6 aromatic rings. The van der Waals surface area contributed by atoms with Crippen LogP contribution in [-0.4, -0.2) is 177 Å². The summed E-state index contributed by atoms with van der Waals surface area (Å²) in [5.41, 5.74) is 17.9. The molecule has 31 nitrogen and oxygen atoms in total. The summed E-state index contributed by atoms with van der Waals surface area (Å²) in [7, 11) is 2.82. The van der Waals surface area contributed by atoms with E-state index in [1.165, 1.54) is 61.3 Å². The number of nitrogen functional groups attached to an aromatic ring is 3. The van der Waals surface area contributed by atoms with E-state index in [4.69, 9.17) is 98.9 Å². The minimum absolute atomic E-state index is 0.0784. The van der Waals surface area contributed by atoms with Crippen molar-refractivity contribution in [2.45, 2.75) is 172 Å². The van der Waals surface area contributed by atoms with Crippen LogP contribution in [0.5, 0.6) is 0 Å². The summed E-state index contributed by atoms with van der Waals surface area (Å²) in [6.45, 7) is -6.13. The number of fused-ring (bicyclic) bond motifs is 3. The highest BCUT2D eigenvalue weighted by molar-refractivity contribution is 8.07. The van der Waals surface area contributed by atoms with Crippen LogP contribution in [0.15, 0.2) is 38.0 Å². The standard InChI is InChI=1S/C49H76N15O16P3S3/c1-7-10-12-14-16-48(4,37-31(65)32(66)45(77-37)62-24-59-28-39(50)53-21-56-42(28)62)19-74-82(69,85)80-36-34(72-6)38(78-47(36)64-26-61-30-41(52)55-23-58-44(30)64)49(15-9-3,17-13-11-8-2)20-75-83(70,86)79-35-33(71-5)27(18-73-81(67,68)84)76-46(35)63-25-60-29-40(51)54-22-57-43(29)63/h21-27,31-38,45-47,65-66H,7-20H2,1-6H3,(H,69,85)(H,70,86)(H2,50,53,56)(H2,51,54,57)(H2,52,55,58)(H2,67,68,84). The van der Waals surface area contributed by atoms with Crippen molar-refractivity contribution in [1.82, 2.24) is 58.6 Å². The Bertz CT molecular complexity index is 3430. The molecule has 3 fully saturated rings. The molecule has 0 radical (unpaired) electrons. The summed E-state index contributed by atoms with van der Waals surface area (Å²) in [5.74, 6) is 0.289. The van der Waals surface area contributed by atoms with Crippen LogP contribution in [0.4, 0.5) is 17.5 Å². The molecule has 3 saturated heterocycles. The summed E-state index contributed by atoms with van der Waals surface area (Å²) >= 11 is 16.6. The van der Waals surface area contributed by atoms with Crippen molar-refractivity contribution in [2.24, 2.45) is 10.8 Å². The van der Waals surface area contributed by atoms with Gasteiger partial charge in [-0.15, -0.1) is 0 Å². The van der Waals surface area contributed by atoms with Crippen LogP contribution in [0.3, 0.4) is 0 Å². The lowest BCUT2D eigenvalue weighted by molar-refractivity contribution is -0.119. The number of anilines is 3. The number of hydrogen-bond donors (Lipinski definition) is 9. The van der Waals surface area contributed by atoms with Gasteiger partial charge in [-0.25, -0.2) is 44.9 Å². The second-order valence-electron chi connectivity index (χ2n) is 22.0. The van der Waals surface area contributed by atoms with E-state index in [0.717, 1.165) is 32.1 Å². The fourth-order valence-electron chi connectivity index (χ4n) is 11.9. The molecule has 12 N–H and O–H groups in total. The number of nitrogens with two attached hydrogens (primary N) is 3. The van der Waals surface area contributed by atoms with Crippen molar-refractivity contribution in [1.29, 1.82) is 0 Å². The lowest BCUT2D eigenvalue weighted by Gasteiger charge is -2.41. The summed E-state index contributed by atoms with van der Waals surface area (Å²) in [6, 6.07) is 0. The molecule has 0 spiro atoms. The molecular weight excluding hydrogens is 1240 g/mol. The van der Waals surface area contributed by atoms with Gasteiger partial charge in [-0.1, -0.05) is 79.1 Å². The maximum atomic E-state index is 12.5. The van der Waals surface area contributed by atoms with Crippen LogP contribution < -0.4 is 17.2 Å². The van der Waals surface area contributed by atoms with Gasteiger partial charge in [0.2, 0.25) is 0 Å². The predicted molar refractivity (Wildman–Crippen MR) is 322 cm³/mol. The third-order valence-electron chi connectivity index (χ3n) is 16.1. The first-order chi connectivity index (χ1) is 40.9. The zero-order chi connectivity index (χ0) is 61.9. The third kappa shape index (κ3) is 14.3. The highest BCUT2D eigenvalue weighted by atomic mass is 32.5. The number of aliphatic hydroxyl groups is 2. The van der Waals surface area contributed by atoms with Gasteiger partial charge in [0.15, 0.2) is 53.1 Å². The van der Waals surface area contributed by atoms with Crippen LogP contribution in [-0.2, 0) is 81.7 Å². The molecule has 86 heavy (non-hydrogen) atoms. The number of methoxy groups -OCH3 is 2. The second-order valence-corrected chi connectivity index (χ2v) is 30.3. The summed E-state index contributed by atoms with van der Waals surface area (Å²) in [5, 5.41) is 23.5. The fraction of sp³-hybridized carbons (Fsp3) is 0.694. The smallest absolute Gasteiger partial charge is 0.325 e. The molecule has 9 heterocycles. The molecule has 0 aromatic carbocycles. The van der Waals surface area contributed by atoms with Crippen molar-refractivity contribution >= 4 is 107 Å². The van der Waals surface area contributed by atoms with Gasteiger partial charge in [-0.05, 0) is 54.7 Å². The summed E-state index contributed by atoms with van der Waals surface area (Å²) < 4.78 is 68.3. The SMILES string of the molecule is CCCCCCC(C)(COP(O)(=S)OC1C(OC)C(C(CCC)(CCCCC)COP(O)(=S)OC2C(OC)C(COP(O)(O)=S)OC2n2cnc3c(N)ncnc32)OC1n1cnc2c(N)ncnc21)C1OC(n2cnc3c(N)ncnc32)C(O)C1O. The number of aromatic nitrogens is 12. The van der Waals surface area contributed by atoms with Crippen LogP contribution >= 0.6 is 20.2 Å².